The van der Waals surface area contributed by atoms with Crippen molar-refractivity contribution in [3.05, 3.63) is 35.9 Å². The molecule has 1 heterocycles. The van der Waals surface area contributed by atoms with E-state index in [1.807, 2.05) is 0 Å². The standard InChI is InChI=1S/C22H39N5.HI/c1-5-14-27-15-12-21(13-16-27)25-22(23-6-2)24-17-19(3)26(4)18-20-10-8-7-9-11-20;/h7-11,19,21H,5-6,12-18H2,1-4H3,(H2,23,24,25);1H. The third-order valence-corrected chi connectivity index (χ3v) is 5.35. The van der Waals surface area contributed by atoms with Gasteiger partial charge in [0.15, 0.2) is 5.96 Å². The van der Waals surface area contributed by atoms with Crippen molar-refractivity contribution in [1.82, 2.24) is 20.4 Å². The fraction of sp³-hybridized carbons (Fsp3) is 0.682. The van der Waals surface area contributed by atoms with Gasteiger partial charge in [0.05, 0.1) is 6.54 Å². The molecular weight excluding hydrogens is 461 g/mol. The van der Waals surface area contributed by atoms with Crippen molar-refractivity contribution in [2.45, 2.75) is 58.7 Å². The Balaban J connectivity index is 0.00000392. The number of hydrogen-bond donors (Lipinski definition) is 2. The Hall–Kier alpha value is -0.860. The number of benzene rings is 1. The van der Waals surface area contributed by atoms with Crippen molar-refractivity contribution >= 4 is 29.9 Å². The maximum absolute atomic E-state index is 4.86. The summed E-state index contributed by atoms with van der Waals surface area (Å²) in [6, 6.07) is 11.6. The lowest BCUT2D eigenvalue weighted by molar-refractivity contribution is 0.206. The highest BCUT2D eigenvalue weighted by atomic mass is 127. The first kappa shape index (κ1) is 25.2. The number of nitrogens with zero attached hydrogens (tertiary/aromatic N) is 3. The molecule has 0 radical (unpaired) electrons. The second-order valence-electron chi connectivity index (χ2n) is 7.73. The number of likely N-dealkylation sites (N-methyl/N-ethyl adjacent to an activating group) is 1. The fourth-order valence-corrected chi connectivity index (χ4v) is 3.52. The minimum atomic E-state index is 0. The molecule has 0 aromatic heterocycles. The molecule has 1 aromatic rings. The lowest BCUT2D eigenvalue weighted by atomic mass is 10.1. The van der Waals surface area contributed by atoms with Crippen molar-refractivity contribution in [3.8, 4) is 0 Å². The Morgan fingerprint density at radius 1 is 1.21 bits per heavy atom. The summed E-state index contributed by atoms with van der Waals surface area (Å²) >= 11 is 0. The summed E-state index contributed by atoms with van der Waals surface area (Å²) in [7, 11) is 2.18. The average molecular weight is 502 g/mol. The predicted octanol–water partition coefficient (Wildman–Crippen LogP) is 3.55. The molecule has 0 spiro atoms. The van der Waals surface area contributed by atoms with Gasteiger partial charge in [0, 0.05) is 38.3 Å². The second-order valence-corrected chi connectivity index (χ2v) is 7.73. The molecule has 0 aliphatic carbocycles. The normalized spacial score (nSPS) is 17.2. The molecule has 5 nitrogen and oxygen atoms in total. The van der Waals surface area contributed by atoms with E-state index in [1.165, 1.54) is 44.5 Å². The lowest BCUT2D eigenvalue weighted by Crippen LogP contribution is -2.49. The Bertz CT molecular complexity index is 543. The van der Waals surface area contributed by atoms with E-state index < -0.39 is 0 Å². The zero-order chi connectivity index (χ0) is 19.5. The molecule has 28 heavy (non-hydrogen) atoms. The molecule has 1 saturated heterocycles. The summed E-state index contributed by atoms with van der Waals surface area (Å²) in [5, 5.41) is 7.07. The van der Waals surface area contributed by atoms with Crippen molar-refractivity contribution in [3.63, 3.8) is 0 Å². The summed E-state index contributed by atoms with van der Waals surface area (Å²) in [6.45, 7) is 12.9. The molecule has 6 heteroatoms. The predicted molar refractivity (Wildman–Crippen MR) is 132 cm³/mol. The lowest BCUT2D eigenvalue weighted by Gasteiger charge is -2.33. The molecule has 2 N–H and O–H groups in total. The van der Waals surface area contributed by atoms with Gasteiger partial charge in [0.1, 0.15) is 0 Å². The molecule has 1 unspecified atom stereocenters. The van der Waals surface area contributed by atoms with E-state index in [0.717, 1.165) is 25.6 Å². The maximum atomic E-state index is 4.86. The third kappa shape index (κ3) is 9.09. The van der Waals surface area contributed by atoms with Gasteiger partial charge in [0.25, 0.3) is 0 Å². The molecule has 1 fully saturated rings. The van der Waals surface area contributed by atoms with Crippen LogP contribution in [0.5, 0.6) is 0 Å². The average Bonchev–Trinajstić information content (AvgIpc) is 2.68. The quantitative estimate of drug-likeness (QED) is 0.309. The van der Waals surface area contributed by atoms with Gasteiger partial charge in [-0.15, -0.1) is 24.0 Å². The molecule has 2 rings (SSSR count). The fourth-order valence-electron chi connectivity index (χ4n) is 3.52. The maximum Gasteiger partial charge on any atom is 0.191 e. The van der Waals surface area contributed by atoms with Gasteiger partial charge < -0.3 is 15.5 Å². The zero-order valence-corrected chi connectivity index (χ0v) is 20.5. The molecular formula is C22H40IN5. The largest absolute Gasteiger partial charge is 0.357 e. The van der Waals surface area contributed by atoms with Crippen LogP contribution in [0, 0.1) is 0 Å². The summed E-state index contributed by atoms with van der Waals surface area (Å²) in [6.07, 6.45) is 3.65. The Labute approximate surface area is 189 Å². The van der Waals surface area contributed by atoms with E-state index in [9.17, 15) is 0 Å². The van der Waals surface area contributed by atoms with Crippen molar-refractivity contribution in [1.29, 1.82) is 0 Å². The molecule has 0 saturated carbocycles. The Kier molecular flexibility index (Phi) is 12.7. The monoisotopic (exact) mass is 501 g/mol. The van der Waals surface area contributed by atoms with Crippen LogP contribution in [0.2, 0.25) is 0 Å². The third-order valence-electron chi connectivity index (χ3n) is 5.35. The van der Waals surface area contributed by atoms with Gasteiger partial charge in [-0.3, -0.25) is 9.89 Å². The Morgan fingerprint density at radius 3 is 2.50 bits per heavy atom. The topological polar surface area (TPSA) is 42.9 Å². The van der Waals surface area contributed by atoms with Crippen LogP contribution in [0.1, 0.15) is 45.6 Å². The van der Waals surface area contributed by atoms with E-state index in [2.05, 4.69) is 78.6 Å². The molecule has 1 aliphatic heterocycles. The number of guanidine groups is 1. The molecule has 1 atom stereocenters. The van der Waals surface area contributed by atoms with Crippen LogP contribution in [-0.4, -0.2) is 67.6 Å². The van der Waals surface area contributed by atoms with Crippen LogP contribution < -0.4 is 10.6 Å². The van der Waals surface area contributed by atoms with E-state index in [1.54, 1.807) is 0 Å². The van der Waals surface area contributed by atoms with Gasteiger partial charge in [-0.2, -0.15) is 0 Å². The van der Waals surface area contributed by atoms with Gasteiger partial charge in [-0.1, -0.05) is 37.3 Å². The van der Waals surface area contributed by atoms with Crippen molar-refractivity contribution in [2.75, 3.05) is 39.8 Å². The van der Waals surface area contributed by atoms with Crippen LogP contribution in [-0.2, 0) is 6.54 Å². The number of nitrogens with one attached hydrogen (secondary N) is 2. The van der Waals surface area contributed by atoms with E-state index in [-0.39, 0.29) is 24.0 Å². The number of aliphatic imine (C=N–C) groups is 1. The molecule has 1 aromatic carbocycles. The smallest absolute Gasteiger partial charge is 0.191 e. The van der Waals surface area contributed by atoms with Crippen LogP contribution in [0.15, 0.2) is 35.3 Å². The first-order valence-corrected chi connectivity index (χ1v) is 10.6. The number of piperidine rings is 1. The van der Waals surface area contributed by atoms with Crippen LogP contribution in [0.3, 0.4) is 0 Å². The van der Waals surface area contributed by atoms with Crippen LogP contribution in [0.4, 0.5) is 0 Å². The van der Waals surface area contributed by atoms with E-state index >= 15 is 0 Å². The van der Waals surface area contributed by atoms with Gasteiger partial charge in [-0.25, -0.2) is 0 Å². The van der Waals surface area contributed by atoms with Crippen molar-refractivity contribution in [2.24, 2.45) is 4.99 Å². The van der Waals surface area contributed by atoms with Gasteiger partial charge in [0.2, 0.25) is 0 Å². The highest BCUT2D eigenvalue weighted by molar-refractivity contribution is 14.0. The van der Waals surface area contributed by atoms with Gasteiger partial charge in [-0.05, 0) is 52.3 Å². The molecule has 0 bridgehead atoms. The number of likely N-dealkylation sites (tertiary alicyclic amines) is 1. The summed E-state index contributed by atoms with van der Waals surface area (Å²) in [5.41, 5.74) is 1.35. The highest BCUT2D eigenvalue weighted by Crippen LogP contribution is 2.11. The zero-order valence-electron chi connectivity index (χ0n) is 18.2. The number of halogens is 1. The van der Waals surface area contributed by atoms with Crippen molar-refractivity contribution < 1.29 is 0 Å². The number of rotatable bonds is 9. The van der Waals surface area contributed by atoms with E-state index in [4.69, 9.17) is 4.99 Å². The summed E-state index contributed by atoms with van der Waals surface area (Å²) < 4.78 is 0. The van der Waals surface area contributed by atoms with Gasteiger partial charge >= 0.3 is 0 Å². The SMILES string of the molecule is CCCN1CCC(NC(=NCC(C)N(C)Cc2ccccc2)NCC)CC1.I. The first-order chi connectivity index (χ1) is 13.1. The highest BCUT2D eigenvalue weighted by Gasteiger charge is 2.19. The minimum Gasteiger partial charge on any atom is -0.357 e. The molecule has 1 aliphatic rings. The summed E-state index contributed by atoms with van der Waals surface area (Å²) in [5.74, 6) is 0.964. The second kappa shape index (κ2) is 14.2. The molecule has 160 valence electrons. The number of hydrogen-bond acceptors (Lipinski definition) is 3. The van der Waals surface area contributed by atoms with E-state index in [0.29, 0.717) is 12.1 Å². The van der Waals surface area contributed by atoms with Crippen LogP contribution in [0.25, 0.3) is 0 Å². The minimum absolute atomic E-state index is 0. The molecule has 0 amide bonds. The Morgan fingerprint density at radius 2 is 1.89 bits per heavy atom. The first-order valence-electron chi connectivity index (χ1n) is 10.6. The van der Waals surface area contributed by atoms with Crippen LogP contribution >= 0.6 is 24.0 Å². The summed E-state index contributed by atoms with van der Waals surface area (Å²) in [4.78, 5) is 9.80.